The zero-order valence-corrected chi connectivity index (χ0v) is 9.25. The summed E-state index contributed by atoms with van der Waals surface area (Å²) in [6.45, 7) is 7.28. The van der Waals surface area contributed by atoms with Crippen LogP contribution in [0.1, 0.15) is 38.7 Å². The molecule has 3 heteroatoms. The molecule has 1 aromatic rings. The van der Waals surface area contributed by atoms with E-state index in [0.717, 1.165) is 13.0 Å². The topological polar surface area (TPSA) is 17.8 Å². The standard InChI is InChI=1S/C10H17ClN2/c1-4-5-13-7-10(6-12-13)8(2)9(3)11/h6-9H,4-5H2,1-3H3. The number of aryl methyl sites for hydroxylation is 1. The van der Waals surface area contributed by atoms with Crippen LogP contribution in [0.5, 0.6) is 0 Å². The maximum absolute atomic E-state index is 6.01. The van der Waals surface area contributed by atoms with E-state index in [-0.39, 0.29) is 5.38 Å². The molecule has 1 rings (SSSR count). The summed E-state index contributed by atoms with van der Waals surface area (Å²) in [7, 11) is 0. The van der Waals surface area contributed by atoms with Crippen LogP contribution >= 0.6 is 11.6 Å². The van der Waals surface area contributed by atoms with Gasteiger partial charge in [-0.05, 0) is 18.9 Å². The molecule has 2 nitrogen and oxygen atoms in total. The van der Waals surface area contributed by atoms with Crippen molar-refractivity contribution >= 4 is 11.6 Å². The summed E-state index contributed by atoms with van der Waals surface area (Å²) in [6.07, 6.45) is 5.12. The number of alkyl halides is 1. The predicted molar refractivity (Wildman–Crippen MR) is 56.2 cm³/mol. The van der Waals surface area contributed by atoms with Crippen LogP contribution in [0.15, 0.2) is 12.4 Å². The molecule has 2 atom stereocenters. The molecule has 0 aliphatic carbocycles. The maximum Gasteiger partial charge on any atom is 0.0525 e. The summed E-state index contributed by atoms with van der Waals surface area (Å²) in [5.74, 6) is 0.382. The first kappa shape index (κ1) is 10.6. The Morgan fingerprint density at radius 3 is 2.77 bits per heavy atom. The van der Waals surface area contributed by atoms with Crippen LogP contribution in [0, 0.1) is 0 Å². The Hall–Kier alpha value is -0.500. The van der Waals surface area contributed by atoms with E-state index in [9.17, 15) is 0 Å². The summed E-state index contributed by atoms with van der Waals surface area (Å²) < 4.78 is 1.98. The lowest BCUT2D eigenvalue weighted by Crippen LogP contribution is -2.03. The van der Waals surface area contributed by atoms with E-state index in [2.05, 4.69) is 25.1 Å². The van der Waals surface area contributed by atoms with E-state index in [0.29, 0.717) is 5.92 Å². The van der Waals surface area contributed by atoms with E-state index in [1.54, 1.807) is 0 Å². The molecule has 0 saturated carbocycles. The molecular weight excluding hydrogens is 184 g/mol. The molecule has 0 spiro atoms. The monoisotopic (exact) mass is 200 g/mol. The number of aromatic nitrogens is 2. The molecule has 0 N–H and O–H groups in total. The molecule has 0 amide bonds. The van der Waals surface area contributed by atoms with E-state index < -0.39 is 0 Å². The normalized spacial score (nSPS) is 15.7. The van der Waals surface area contributed by atoms with Gasteiger partial charge in [0.05, 0.1) is 6.20 Å². The van der Waals surface area contributed by atoms with Gasteiger partial charge in [0, 0.05) is 24.0 Å². The Labute approximate surface area is 84.9 Å². The Kier molecular flexibility index (Phi) is 3.79. The average molecular weight is 201 g/mol. The third-order valence-electron chi connectivity index (χ3n) is 2.32. The molecule has 74 valence electrons. The lowest BCUT2D eigenvalue weighted by atomic mass is 10.0. The highest BCUT2D eigenvalue weighted by molar-refractivity contribution is 6.20. The second-order valence-electron chi connectivity index (χ2n) is 3.50. The van der Waals surface area contributed by atoms with E-state index >= 15 is 0 Å². The van der Waals surface area contributed by atoms with Gasteiger partial charge in [0.1, 0.15) is 0 Å². The van der Waals surface area contributed by atoms with Crippen LogP contribution in [0.25, 0.3) is 0 Å². The minimum atomic E-state index is 0.166. The van der Waals surface area contributed by atoms with Gasteiger partial charge < -0.3 is 0 Å². The largest absolute Gasteiger partial charge is 0.272 e. The Morgan fingerprint density at radius 2 is 2.23 bits per heavy atom. The number of rotatable bonds is 4. The minimum absolute atomic E-state index is 0.166. The first-order valence-corrected chi connectivity index (χ1v) is 5.25. The highest BCUT2D eigenvalue weighted by atomic mass is 35.5. The molecule has 0 radical (unpaired) electrons. The summed E-state index contributed by atoms with van der Waals surface area (Å²) in [4.78, 5) is 0. The van der Waals surface area contributed by atoms with Crippen molar-refractivity contribution in [3.8, 4) is 0 Å². The highest BCUT2D eigenvalue weighted by Gasteiger charge is 2.13. The summed E-state index contributed by atoms with van der Waals surface area (Å²) in [5.41, 5.74) is 1.23. The van der Waals surface area contributed by atoms with E-state index in [4.69, 9.17) is 11.6 Å². The molecule has 13 heavy (non-hydrogen) atoms. The van der Waals surface area contributed by atoms with Gasteiger partial charge >= 0.3 is 0 Å². The second kappa shape index (κ2) is 4.66. The van der Waals surface area contributed by atoms with Crippen molar-refractivity contribution in [3.63, 3.8) is 0 Å². The summed E-state index contributed by atoms with van der Waals surface area (Å²) in [6, 6.07) is 0. The van der Waals surface area contributed by atoms with Crippen LogP contribution < -0.4 is 0 Å². The van der Waals surface area contributed by atoms with Gasteiger partial charge in [-0.3, -0.25) is 4.68 Å². The van der Waals surface area contributed by atoms with Gasteiger partial charge in [-0.15, -0.1) is 11.6 Å². The molecule has 1 aromatic heterocycles. The zero-order valence-electron chi connectivity index (χ0n) is 8.50. The van der Waals surface area contributed by atoms with Crippen LogP contribution in [0.2, 0.25) is 0 Å². The van der Waals surface area contributed by atoms with Gasteiger partial charge in [-0.1, -0.05) is 13.8 Å². The zero-order chi connectivity index (χ0) is 9.84. The molecule has 1 heterocycles. The van der Waals surface area contributed by atoms with E-state index in [1.165, 1.54) is 5.56 Å². The second-order valence-corrected chi connectivity index (χ2v) is 4.19. The minimum Gasteiger partial charge on any atom is -0.272 e. The van der Waals surface area contributed by atoms with Gasteiger partial charge in [0.2, 0.25) is 0 Å². The maximum atomic E-state index is 6.01. The van der Waals surface area contributed by atoms with Crippen LogP contribution in [-0.2, 0) is 6.54 Å². The van der Waals surface area contributed by atoms with E-state index in [1.807, 2.05) is 17.8 Å². The molecule has 0 aliphatic rings. The van der Waals surface area contributed by atoms with Crippen molar-refractivity contribution in [1.29, 1.82) is 0 Å². The fourth-order valence-corrected chi connectivity index (χ4v) is 1.38. The van der Waals surface area contributed by atoms with Crippen molar-refractivity contribution in [2.75, 3.05) is 0 Å². The molecule has 0 saturated heterocycles. The first-order chi connectivity index (χ1) is 6.15. The van der Waals surface area contributed by atoms with Gasteiger partial charge in [0.25, 0.3) is 0 Å². The Morgan fingerprint density at radius 1 is 1.54 bits per heavy atom. The third-order valence-corrected chi connectivity index (χ3v) is 2.70. The van der Waals surface area contributed by atoms with Crippen molar-refractivity contribution in [2.24, 2.45) is 0 Å². The third kappa shape index (κ3) is 2.73. The molecular formula is C10H17ClN2. The smallest absolute Gasteiger partial charge is 0.0525 e. The van der Waals surface area contributed by atoms with Crippen LogP contribution in [0.4, 0.5) is 0 Å². The number of halogens is 1. The van der Waals surface area contributed by atoms with Crippen molar-refractivity contribution in [2.45, 2.75) is 45.0 Å². The summed E-state index contributed by atoms with van der Waals surface area (Å²) >= 11 is 6.01. The first-order valence-electron chi connectivity index (χ1n) is 4.81. The molecule has 0 bridgehead atoms. The Bertz CT molecular complexity index is 255. The molecule has 0 fully saturated rings. The molecule has 2 unspecified atom stereocenters. The number of hydrogen-bond acceptors (Lipinski definition) is 1. The molecule has 0 aliphatic heterocycles. The SMILES string of the molecule is CCCn1cc(C(C)C(C)Cl)cn1. The predicted octanol–water partition coefficient (Wildman–Crippen LogP) is 3.02. The average Bonchev–Trinajstić information content (AvgIpc) is 2.52. The van der Waals surface area contributed by atoms with Crippen LogP contribution in [0.3, 0.4) is 0 Å². The number of nitrogens with zero attached hydrogens (tertiary/aromatic N) is 2. The molecule has 0 aromatic carbocycles. The Balaban J connectivity index is 2.67. The highest BCUT2D eigenvalue weighted by Crippen LogP contribution is 2.22. The van der Waals surface area contributed by atoms with Crippen molar-refractivity contribution in [3.05, 3.63) is 18.0 Å². The van der Waals surface area contributed by atoms with Crippen LogP contribution in [-0.4, -0.2) is 15.2 Å². The lowest BCUT2D eigenvalue weighted by molar-refractivity contribution is 0.601. The fraction of sp³-hybridized carbons (Fsp3) is 0.700. The van der Waals surface area contributed by atoms with Gasteiger partial charge in [-0.25, -0.2) is 0 Å². The summed E-state index contributed by atoms with van der Waals surface area (Å²) in [5, 5.41) is 4.43. The van der Waals surface area contributed by atoms with Crippen molar-refractivity contribution < 1.29 is 0 Å². The van der Waals surface area contributed by atoms with Crippen molar-refractivity contribution in [1.82, 2.24) is 9.78 Å². The fourth-order valence-electron chi connectivity index (χ4n) is 1.23. The lowest BCUT2D eigenvalue weighted by Gasteiger charge is -2.10. The van der Waals surface area contributed by atoms with Gasteiger partial charge in [-0.2, -0.15) is 5.10 Å². The van der Waals surface area contributed by atoms with Gasteiger partial charge in [0.15, 0.2) is 0 Å². The quantitative estimate of drug-likeness (QED) is 0.684. The number of hydrogen-bond donors (Lipinski definition) is 0.